The van der Waals surface area contributed by atoms with Gasteiger partial charge >= 0.3 is 6.18 Å². The number of alkyl halides is 3. The molecule has 0 amide bonds. The Morgan fingerprint density at radius 2 is 1.35 bits per heavy atom. The number of benzene rings is 1. The van der Waals surface area contributed by atoms with Crippen LogP contribution in [0, 0.1) is 0 Å². The van der Waals surface area contributed by atoms with Crippen LogP contribution < -0.4 is 0 Å². The lowest BCUT2D eigenvalue weighted by atomic mass is 10.2. The summed E-state index contributed by atoms with van der Waals surface area (Å²) in [5, 5.41) is -0.706. The molecule has 0 atom stereocenters. The molecule has 90 valence electrons. The molecule has 2 nitrogen and oxygen atoms in total. The first-order valence-electron chi connectivity index (χ1n) is 4.18. The van der Waals surface area contributed by atoms with Crippen LogP contribution in [0.2, 0.25) is 15.3 Å². The minimum absolute atomic E-state index is 0.0175. The van der Waals surface area contributed by atoms with Crippen LogP contribution in [0.5, 0.6) is 0 Å². The van der Waals surface area contributed by atoms with E-state index in [1.165, 1.54) is 0 Å². The summed E-state index contributed by atoms with van der Waals surface area (Å²) in [6.07, 6.45) is -4.56. The minimum atomic E-state index is -4.56. The van der Waals surface area contributed by atoms with E-state index in [2.05, 4.69) is 9.97 Å². The molecule has 0 spiro atoms. The number of aromatic nitrogens is 2. The highest BCUT2D eigenvalue weighted by molar-refractivity contribution is 6.40. The summed E-state index contributed by atoms with van der Waals surface area (Å²) in [6.45, 7) is 0. The lowest BCUT2D eigenvalue weighted by Crippen LogP contribution is -2.06. The molecule has 1 heterocycles. The SMILES string of the molecule is FC(F)(F)c1cc2nc(Cl)c(Cl)nc2cc1Cl. The Kier molecular flexibility index (Phi) is 3.10. The molecule has 17 heavy (non-hydrogen) atoms. The number of rotatable bonds is 0. The third-order valence-electron chi connectivity index (χ3n) is 1.98. The van der Waals surface area contributed by atoms with E-state index in [1.807, 2.05) is 0 Å². The molecule has 1 aromatic carbocycles. The molecule has 1 aromatic heterocycles. The van der Waals surface area contributed by atoms with Gasteiger partial charge < -0.3 is 0 Å². The first kappa shape index (κ1) is 12.7. The van der Waals surface area contributed by atoms with Crippen LogP contribution in [0.3, 0.4) is 0 Å². The molecule has 8 heteroatoms. The van der Waals surface area contributed by atoms with E-state index in [9.17, 15) is 13.2 Å². The molecule has 0 radical (unpaired) electrons. The monoisotopic (exact) mass is 300 g/mol. The average Bonchev–Trinajstić information content (AvgIpc) is 2.18. The molecule has 0 fully saturated rings. The summed E-state index contributed by atoms with van der Waals surface area (Å²) in [6, 6.07) is 1.84. The molecule has 0 bridgehead atoms. The highest BCUT2D eigenvalue weighted by Gasteiger charge is 2.33. The van der Waals surface area contributed by atoms with E-state index in [0.29, 0.717) is 0 Å². The van der Waals surface area contributed by atoms with Crippen LogP contribution in [0.15, 0.2) is 12.1 Å². The largest absolute Gasteiger partial charge is 0.417 e. The first-order chi connectivity index (χ1) is 7.79. The zero-order chi connectivity index (χ0) is 12.8. The predicted octanol–water partition coefficient (Wildman–Crippen LogP) is 4.61. The topological polar surface area (TPSA) is 25.8 Å². The van der Waals surface area contributed by atoms with Crippen LogP contribution in [-0.2, 0) is 6.18 Å². The van der Waals surface area contributed by atoms with Gasteiger partial charge in [-0.25, -0.2) is 9.97 Å². The van der Waals surface area contributed by atoms with Crippen LogP contribution in [0.4, 0.5) is 13.2 Å². The van der Waals surface area contributed by atoms with E-state index in [1.54, 1.807) is 0 Å². The van der Waals surface area contributed by atoms with E-state index in [4.69, 9.17) is 34.8 Å². The molecule has 0 saturated heterocycles. The third-order valence-corrected chi connectivity index (χ3v) is 2.91. The maximum absolute atomic E-state index is 12.6. The van der Waals surface area contributed by atoms with Gasteiger partial charge in [-0.2, -0.15) is 13.2 Å². The molecule has 2 rings (SSSR count). The van der Waals surface area contributed by atoms with E-state index in [0.717, 1.165) is 12.1 Å². The Hall–Kier alpha value is -0.780. The summed E-state index contributed by atoms with van der Waals surface area (Å²) in [7, 11) is 0. The molecule has 0 aliphatic carbocycles. The highest BCUT2D eigenvalue weighted by atomic mass is 35.5. The lowest BCUT2D eigenvalue weighted by molar-refractivity contribution is -0.137. The van der Waals surface area contributed by atoms with Gasteiger partial charge in [0.2, 0.25) is 0 Å². The van der Waals surface area contributed by atoms with Gasteiger partial charge in [0.15, 0.2) is 10.3 Å². The second-order valence-corrected chi connectivity index (χ2v) is 4.25. The van der Waals surface area contributed by atoms with Crippen molar-refractivity contribution < 1.29 is 13.2 Å². The van der Waals surface area contributed by atoms with Crippen molar-refractivity contribution in [2.24, 2.45) is 0 Å². The average molecular weight is 301 g/mol. The maximum atomic E-state index is 12.6. The van der Waals surface area contributed by atoms with Crippen molar-refractivity contribution in [2.45, 2.75) is 6.18 Å². The number of hydrogen-bond donors (Lipinski definition) is 0. The van der Waals surface area contributed by atoms with Gasteiger partial charge in [-0.05, 0) is 12.1 Å². The maximum Gasteiger partial charge on any atom is 0.417 e. The lowest BCUT2D eigenvalue weighted by Gasteiger charge is -2.09. The van der Waals surface area contributed by atoms with Crippen LogP contribution in [0.1, 0.15) is 5.56 Å². The summed E-state index contributed by atoms with van der Waals surface area (Å²) in [5.74, 6) is 0. The van der Waals surface area contributed by atoms with Crippen molar-refractivity contribution in [1.29, 1.82) is 0 Å². The zero-order valence-electron chi connectivity index (χ0n) is 7.82. The highest BCUT2D eigenvalue weighted by Crippen LogP contribution is 2.37. The van der Waals surface area contributed by atoms with Gasteiger partial charge in [0.05, 0.1) is 21.6 Å². The molecule has 0 unspecified atom stereocenters. The molecule has 0 aliphatic heterocycles. The number of hydrogen-bond acceptors (Lipinski definition) is 2. The fourth-order valence-electron chi connectivity index (χ4n) is 1.25. The summed E-state index contributed by atoms with van der Waals surface area (Å²) < 4.78 is 37.7. The van der Waals surface area contributed by atoms with E-state index >= 15 is 0 Å². The van der Waals surface area contributed by atoms with Crippen LogP contribution >= 0.6 is 34.8 Å². The van der Waals surface area contributed by atoms with E-state index in [-0.39, 0.29) is 21.3 Å². The Morgan fingerprint density at radius 3 is 1.82 bits per heavy atom. The van der Waals surface area contributed by atoms with Crippen LogP contribution in [-0.4, -0.2) is 9.97 Å². The number of nitrogens with zero attached hydrogens (tertiary/aromatic N) is 2. The Morgan fingerprint density at radius 1 is 0.882 bits per heavy atom. The van der Waals surface area contributed by atoms with Gasteiger partial charge in [-0.3, -0.25) is 0 Å². The molecule has 2 aromatic rings. The standard InChI is InChI=1S/C9H2Cl3F3N2/c10-4-2-6-5(1-3(4)9(13,14)15)16-7(11)8(12)17-6/h1-2H. The second kappa shape index (κ2) is 4.15. The fraction of sp³-hybridized carbons (Fsp3) is 0.111. The zero-order valence-corrected chi connectivity index (χ0v) is 10.1. The van der Waals surface area contributed by atoms with Crippen molar-refractivity contribution in [1.82, 2.24) is 9.97 Å². The molecular weight excluding hydrogens is 299 g/mol. The van der Waals surface area contributed by atoms with Gasteiger partial charge in [0.1, 0.15) is 0 Å². The van der Waals surface area contributed by atoms with Crippen molar-refractivity contribution in [3.8, 4) is 0 Å². The molecular formula is C9H2Cl3F3N2. The summed E-state index contributed by atoms with van der Waals surface area (Å²) >= 11 is 16.7. The summed E-state index contributed by atoms with van der Waals surface area (Å²) in [4.78, 5) is 7.48. The predicted molar refractivity (Wildman–Crippen MR) is 59.6 cm³/mol. The smallest absolute Gasteiger partial charge is 0.231 e. The Balaban J connectivity index is 2.76. The van der Waals surface area contributed by atoms with Crippen molar-refractivity contribution in [3.05, 3.63) is 33.0 Å². The van der Waals surface area contributed by atoms with E-state index < -0.39 is 16.8 Å². The molecule has 0 N–H and O–H groups in total. The second-order valence-electron chi connectivity index (χ2n) is 3.12. The van der Waals surface area contributed by atoms with Gasteiger partial charge in [0.25, 0.3) is 0 Å². The Labute approximate surface area is 108 Å². The molecule has 0 saturated carbocycles. The van der Waals surface area contributed by atoms with Crippen LogP contribution in [0.25, 0.3) is 11.0 Å². The van der Waals surface area contributed by atoms with Crippen molar-refractivity contribution in [3.63, 3.8) is 0 Å². The number of halogens is 6. The van der Waals surface area contributed by atoms with Gasteiger partial charge in [0, 0.05) is 0 Å². The van der Waals surface area contributed by atoms with Gasteiger partial charge in [-0.1, -0.05) is 34.8 Å². The Bertz CT molecular complexity index is 598. The fourth-order valence-corrected chi connectivity index (χ4v) is 1.78. The summed E-state index contributed by atoms with van der Waals surface area (Å²) in [5.41, 5.74) is -0.854. The van der Waals surface area contributed by atoms with Crippen molar-refractivity contribution in [2.75, 3.05) is 0 Å². The van der Waals surface area contributed by atoms with Crippen molar-refractivity contribution >= 4 is 45.8 Å². The quantitative estimate of drug-likeness (QED) is 0.710. The third kappa shape index (κ3) is 2.41. The normalized spacial score (nSPS) is 12.1. The minimum Gasteiger partial charge on any atom is -0.231 e. The number of fused-ring (bicyclic) bond motifs is 1. The molecule has 0 aliphatic rings. The first-order valence-corrected chi connectivity index (χ1v) is 5.32. The van der Waals surface area contributed by atoms with Gasteiger partial charge in [-0.15, -0.1) is 0 Å².